The third-order valence-corrected chi connectivity index (χ3v) is 8.17. The zero-order valence-electron chi connectivity index (χ0n) is 25.8. The predicted molar refractivity (Wildman–Crippen MR) is 158 cm³/mol. The van der Waals surface area contributed by atoms with Crippen molar-refractivity contribution in [2.45, 2.75) is 146 Å². The van der Waals surface area contributed by atoms with Crippen molar-refractivity contribution in [3.8, 4) is 11.5 Å². The fraction of sp³-hybridized carbons (Fsp3) is 0.676. The first kappa shape index (κ1) is 31.2. The average Bonchev–Trinajstić information content (AvgIpc) is 2.79. The Kier molecular flexibility index (Phi) is 11.1. The summed E-state index contributed by atoms with van der Waals surface area (Å²) in [7, 11) is 0. The van der Waals surface area contributed by atoms with Crippen LogP contribution in [-0.2, 0) is 11.2 Å². The highest BCUT2D eigenvalue weighted by Gasteiger charge is 2.35. The lowest BCUT2D eigenvalue weighted by Gasteiger charge is -2.36. The Morgan fingerprint density at radius 2 is 1.57 bits per heavy atom. The van der Waals surface area contributed by atoms with Gasteiger partial charge in [-0.15, -0.1) is 0 Å². The molecule has 1 heterocycles. The van der Waals surface area contributed by atoms with Gasteiger partial charge in [-0.2, -0.15) is 0 Å². The number of ether oxygens (including phenoxy) is 2. The standard InChI is InChI=1S/C34H54O3/c1-12-15-23(2)16-13-17-24(3)18-14-19-29-20-21-30-27(6)31(25(4)26(5)32(30)36-29)37-34(10,11)22-33(8,9)28(7)35/h16,18,29H,12-15,17,19-22H2,1-11H3/b23-16+,24-18+/t29-/m1/s1. The molecule has 0 N–H and O–H groups in total. The maximum Gasteiger partial charge on any atom is 0.135 e. The lowest BCUT2D eigenvalue weighted by atomic mass is 9.78. The molecule has 1 aliphatic heterocycles. The lowest BCUT2D eigenvalue weighted by Crippen LogP contribution is -2.38. The van der Waals surface area contributed by atoms with Crippen molar-refractivity contribution >= 4 is 5.78 Å². The second-order valence-electron chi connectivity index (χ2n) is 12.7. The Morgan fingerprint density at radius 1 is 0.946 bits per heavy atom. The molecule has 0 saturated carbocycles. The molecule has 1 aliphatic rings. The molecular formula is C34H54O3. The summed E-state index contributed by atoms with van der Waals surface area (Å²) < 4.78 is 13.3. The van der Waals surface area contributed by atoms with Crippen molar-refractivity contribution in [1.29, 1.82) is 0 Å². The number of Topliss-reactive ketones (excluding diaryl/α,β-unsaturated/α-hetero) is 1. The number of allylic oxidation sites excluding steroid dienone is 4. The minimum atomic E-state index is -0.446. The van der Waals surface area contributed by atoms with Gasteiger partial charge in [0.1, 0.15) is 22.9 Å². The third-order valence-electron chi connectivity index (χ3n) is 8.17. The van der Waals surface area contributed by atoms with E-state index in [0.29, 0.717) is 6.42 Å². The molecule has 3 nitrogen and oxygen atoms in total. The number of carbonyl (C=O) groups excluding carboxylic acids is 1. The minimum Gasteiger partial charge on any atom is -0.490 e. The second kappa shape index (κ2) is 13.2. The van der Waals surface area contributed by atoms with Gasteiger partial charge < -0.3 is 9.47 Å². The molecule has 0 radical (unpaired) electrons. The van der Waals surface area contributed by atoms with Crippen molar-refractivity contribution in [3.63, 3.8) is 0 Å². The number of hydrogen-bond acceptors (Lipinski definition) is 3. The Labute approximate surface area is 228 Å². The van der Waals surface area contributed by atoms with Crippen LogP contribution in [0, 0.1) is 26.2 Å². The molecule has 37 heavy (non-hydrogen) atoms. The van der Waals surface area contributed by atoms with Gasteiger partial charge in [0.2, 0.25) is 0 Å². The monoisotopic (exact) mass is 510 g/mol. The van der Waals surface area contributed by atoms with Gasteiger partial charge in [0.05, 0.1) is 6.10 Å². The van der Waals surface area contributed by atoms with Gasteiger partial charge in [-0.05, 0) is 123 Å². The van der Waals surface area contributed by atoms with Crippen LogP contribution < -0.4 is 9.47 Å². The zero-order chi connectivity index (χ0) is 28.0. The summed E-state index contributed by atoms with van der Waals surface area (Å²) in [5, 5.41) is 0. The van der Waals surface area contributed by atoms with Gasteiger partial charge >= 0.3 is 0 Å². The highest BCUT2D eigenvalue weighted by Crippen LogP contribution is 2.44. The molecule has 1 aromatic carbocycles. The minimum absolute atomic E-state index is 0.197. The molecule has 3 heteroatoms. The van der Waals surface area contributed by atoms with E-state index < -0.39 is 11.0 Å². The molecule has 0 amide bonds. The van der Waals surface area contributed by atoms with Crippen LogP contribution in [-0.4, -0.2) is 17.5 Å². The molecule has 0 saturated heterocycles. The van der Waals surface area contributed by atoms with Crippen molar-refractivity contribution in [3.05, 3.63) is 45.6 Å². The van der Waals surface area contributed by atoms with Gasteiger partial charge in [-0.25, -0.2) is 0 Å². The van der Waals surface area contributed by atoms with E-state index in [1.807, 2.05) is 13.8 Å². The van der Waals surface area contributed by atoms with Gasteiger partial charge in [0, 0.05) is 11.0 Å². The van der Waals surface area contributed by atoms with Gasteiger partial charge in [-0.1, -0.05) is 50.5 Å². The van der Waals surface area contributed by atoms with Gasteiger partial charge in [-0.3, -0.25) is 4.79 Å². The first-order valence-electron chi connectivity index (χ1n) is 14.5. The first-order valence-corrected chi connectivity index (χ1v) is 14.5. The van der Waals surface area contributed by atoms with Crippen molar-refractivity contribution in [1.82, 2.24) is 0 Å². The Morgan fingerprint density at radius 3 is 2.19 bits per heavy atom. The summed E-state index contributed by atoms with van der Waals surface area (Å²) in [5.41, 5.74) is 6.94. The number of fused-ring (bicyclic) bond motifs is 1. The summed E-state index contributed by atoms with van der Waals surface area (Å²) >= 11 is 0. The van der Waals surface area contributed by atoms with Gasteiger partial charge in [0.25, 0.3) is 0 Å². The second-order valence-corrected chi connectivity index (χ2v) is 12.7. The molecule has 0 aliphatic carbocycles. The Hall–Kier alpha value is -2.03. The molecule has 0 fully saturated rings. The van der Waals surface area contributed by atoms with E-state index in [4.69, 9.17) is 9.47 Å². The molecule has 208 valence electrons. The van der Waals surface area contributed by atoms with Gasteiger partial charge in [0.15, 0.2) is 0 Å². The van der Waals surface area contributed by atoms with E-state index in [1.54, 1.807) is 6.92 Å². The van der Waals surface area contributed by atoms with Crippen LogP contribution in [0.25, 0.3) is 0 Å². The molecular weight excluding hydrogens is 456 g/mol. The summed E-state index contributed by atoms with van der Waals surface area (Å²) in [6.45, 7) is 23.1. The quantitative estimate of drug-likeness (QED) is 0.248. The number of rotatable bonds is 13. The maximum absolute atomic E-state index is 12.1. The first-order chi connectivity index (χ1) is 17.2. The number of hydrogen-bond donors (Lipinski definition) is 0. The molecule has 1 atom stereocenters. The largest absolute Gasteiger partial charge is 0.490 e. The summed E-state index contributed by atoms with van der Waals surface area (Å²) in [5.74, 6) is 2.23. The van der Waals surface area contributed by atoms with Crippen LogP contribution in [0.3, 0.4) is 0 Å². The van der Waals surface area contributed by atoms with Crippen LogP contribution in [0.1, 0.15) is 129 Å². The zero-order valence-corrected chi connectivity index (χ0v) is 25.8. The summed E-state index contributed by atoms with van der Waals surface area (Å²) in [6.07, 6.45) is 14.7. The van der Waals surface area contributed by atoms with Crippen LogP contribution in [0.5, 0.6) is 11.5 Å². The fourth-order valence-electron chi connectivity index (χ4n) is 5.66. The topological polar surface area (TPSA) is 35.5 Å². The Bertz CT molecular complexity index is 1010. The fourth-order valence-corrected chi connectivity index (χ4v) is 5.66. The van der Waals surface area contributed by atoms with Crippen molar-refractivity contribution in [2.75, 3.05) is 0 Å². The average molecular weight is 511 g/mol. The van der Waals surface area contributed by atoms with E-state index in [0.717, 1.165) is 55.6 Å². The predicted octanol–water partition coefficient (Wildman–Crippen LogP) is 9.72. The number of carbonyl (C=O) groups is 1. The van der Waals surface area contributed by atoms with Crippen LogP contribution >= 0.6 is 0 Å². The normalized spacial score (nSPS) is 16.9. The van der Waals surface area contributed by atoms with E-state index in [2.05, 4.69) is 67.5 Å². The molecule has 0 bridgehead atoms. The number of ketones is 1. The number of benzene rings is 1. The van der Waals surface area contributed by atoms with E-state index in [-0.39, 0.29) is 11.9 Å². The van der Waals surface area contributed by atoms with E-state index in [9.17, 15) is 4.79 Å². The van der Waals surface area contributed by atoms with Crippen LogP contribution in [0.2, 0.25) is 0 Å². The molecule has 2 rings (SSSR count). The molecule has 0 unspecified atom stereocenters. The summed E-state index contributed by atoms with van der Waals surface area (Å²) in [4.78, 5) is 12.1. The van der Waals surface area contributed by atoms with Crippen molar-refractivity contribution < 1.29 is 14.3 Å². The Balaban J connectivity index is 2.07. The van der Waals surface area contributed by atoms with Crippen molar-refractivity contribution in [2.24, 2.45) is 5.41 Å². The molecule has 1 aromatic rings. The molecule has 0 spiro atoms. The highest BCUT2D eigenvalue weighted by molar-refractivity contribution is 5.81. The lowest BCUT2D eigenvalue weighted by molar-refractivity contribution is -0.127. The smallest absolute Gasteiger partial charge is 0.135 e. The molecule has 0 aromatic heterocycles. The maximum atomic E-state index is 12.1. The highest BCUT2D eigenvalue weighted by atomic mass is 16.5. The SMILES string of the molecule is CCC/C(C)=C/CC/C(C)=C/CC[C@@H]1CCc2c(C)c(OC(C)(C)CC(C)(C)C(C)=O)c(C)c(C)c2O1. The van der Waals surface area contributed by atoms with Crippen LogP contribution in [0.4, 0.5) is 0 Å². The van der Waals surface area contributed by atoms with E-state index >= 15 is 0 Å². The van der Waals surface area contributed by atoms with E-state index in [1.165, 1.54) is 40.7 Å². The summed E-state index contributed by atoms with van der Waals surface area (Å²) in [6, 6.07) is 0. The third kappa shape index (κ3) is 8.76. The van der Waals surface area contributed by atoms with Crippen LogP contribution in [0.15, 0.2) is 23.3 Å².